The van der Waals surface area contributed by atoms with Gasteiger partial charge in [0.1, 0.15) is 5.60 Å². The van der Waals surface area contributed by atoms with Crippen LogP contribution < -0.4 is 5.46 Å². The van der Waals surface area contributed by atoms with Gasteiger partial charge in [-0.15, -0.1) is 0 Å². The molecule has 6 heteroatoms. The quantitative estimate of drug-likeness (QED) is 0.610. The van der Waals surface area contributed by atoms with E-state index in [4.69, 9.17) is 25.6 Å². The van der Waals surface area contributed by atoms with Gasteiger partial charge in [0.05, 0.1) is 16.8 Å². The summed E-state index contributed by atoms with van der Waals surface area (Å²) >= 11 is 6.29. The van der Waals surface area contributed by atoms with Crippen LogP contribution in [0.4, 0.5) is 0 Å². The monoisotopic (exact) mass is 338 g/mol. The fraction of sp³-hybridized carbons (Fsp3) is 0.588. The van der Waals surface area contributed by atoms with E-state index >= 15 is 0 Å². The maximum atomic E-state index is 12.2. The number of hydrogen-bond acceptors (Lipinski definition) is 4. The fourth-order valence-corrected chi connectivity index (χ4v) is 2.37. The normalized spacial score (nSPS) is 19.7. The van der Waals surface area contributed by atoms with Crippen molar-refractivity contribution in [1.29, 1.82) is 0 Å². The van der Waals surface area contributed by atoms with Crippen molar-refractivity contribution in [2.75, 3.05) is 0 Å². The van der Waals surface area contributed by atoms with Gasteiger partial charge in [0.15, 0.2) is 0 Å². The van der Waals surface area contributed by atoms with Gasteiger partial charge in [-0.05, 0) is 66.7 Å². The molecule has 0 atom stereocenters. The highest BCUT2D eigenvalue weighted by molar-refractivity contribution is 6.65. The Kier molecular flexibility index (Phi) is 4.61. The molecular weight excluding hydrogens is 314 g/mol. The maximum absolute atomic E-state index is 12.2. The lowest BCUT2D eigenvalue weighted by molar-refractivity contribution is 0.00578. The molecule has 0 spiro atoms. The van der Waals surface area contributed by atoms with Crippen LogP contribution in [0.2, 0.25) is 5.02 Å². The smallest absolute Gasteiger partial charge is 0.456 e. The number of halogens is 1. The van der Waals surface area contributed by atoms with E-state index in [0.717, 1.165) is 0 Å². The highest BCUT2D eigenvalue weighted by Gasteiger charge is 2.52. The Balaban J connectivity index is 2.31. The minimum Gasteiger partial charge on any atom is -0.456 e. The summed E-state index contributed by atoms with van der Waals surface area (Å²) in [6, 6.07) is 4.99. The van der Waals surface area contributed by atoms with Gasteiger partial charge in [-0.3, -0.25) is 0 Å². The first-order valence-corrected chi connectivity index (χ1v) is 8.09. The molecule has 0 amide bonds. The number of carbonyl (C=O) groups is 1. The molecule has 0 saturated carbocycles. The van der Waals surface area contributed by atoms with Gasteiger partial charge in [-0.25, -0.2) is 4.79 Å². The second-order valence-electron chi connectivity index (χ2n) is 7.83. The topological polar surface area (TPSA) is 44.8 Å². The minimum absolute atomic E-state index is 0.396. The van der Waals surface area contributed by atoms with Gasteiger partial charge in [-0.2, -0.15) is 0 Å². The molecule has 0 bridgehead atoms. The van der Waals surface area contributed by atoms with Gasteiger partial charge in [0.25, 0.3) is 0 Å². The summed E-state index contributed by atoms with van der Waals surface area (Å²) in [7, 11) is -0.616. The molecule has 0 N–H and O–H groups in total. The molecule has 23 heavy (non-hydrogen) atoms. The molecule has 0 unspecified atom stereocenters. The number of benzene rings is 1. The lowest BCUT2D eigenvalue weighted by Crippen LogP contribution is -2.41. The summed E-state index contributed by atoms with van der Waals surface area (Å²) in [6.07, 6.45) is 0. The van der Waals surface area contributed by atoms with E-state index in [9.17, 15) is 4.79 Å². The van der Waals surface area contributed by atoms with Crippen LogP contribution >= 0.6 is 11.6 Å². The summed E-state index contributed by atoms with van der Waals surface area (Å²) in [5.74, 6) is -0.396. The van der Waals surface area contributed by atoms with Crippen LogP contribution in [-0.2, 0) is 14.0 Å². The fourth-order valence-electron chi connectivity index (χ4n) is 2.16. The standard InChI is InChI=1S/C17H24BClO4/c1-15(2,3)21-14(20)11-8-9-13(19)12(10-11)18-22-16(4,5)17(6,7)23-18/h8-10H,1-7H3. The van der Waals surface area contributed by atoms with Crippen LogP contribution in [0.3, 0.4) is 0 Å². The van der Waals surface area contributed by atoms with E-state index in [-0.39, 0.29) is 0 Å². The zero-order valence-corrected chi connectivity index (χ0v) is 15.6. The van der Waals surface area contributed by atoms with E-state index < -0.39 is 29.9 Å². The van der Waals surface area contributed by atoms with E-state index in [1.165, 1.54) is 0 Å². The van der Waals surface area contributed by atoms with E-state index in [1.54, 1.807) is 18.2 Å². The van der Waals surface area contributed by atoms with Crippen LogP contribution in [0, 0.1) is 0 Å². The second kappa shape index (κ2) is 5.80. The van der Waals surface area contributed by atoms with Crippen LogP contribution in [0.1, 0.15) is 58.8 Å². The average Bonchev–Trinajstić information content (AvgIpc) is 2.56. The van der Waals surface area contributed by atoms with Crippen molar-refractivity contribution >= 4 is 30.2 Å². The Morgan fingerprint density at radius 1 is 1.13 bits per heavy atom. The molecule has 1 aromatic carbocycles. The lowest BCUT2D eigenvalue weighted by Gasteiger charge is -2.32. The highest BCUT2D eigenvalue weighted by atomic mass is 35.5. The Morgan fingerprint density at radius 3 is 2.13 bits per heavy atom. The van der Waals surface area contributed by atoms with Crippen molar-refractivity contribution in [3.63, 3.8) is 0 Å². The first kappa shape index (κ1) is 18.3. The van der Waals surface area contributed by atoms with Crippen molar-refractivity contribution in [2.45, 2.75) is 65.3 Å². The molecule has 0 aromatic heterocycles. The number of rotatable bonds is 2. The molecule has 1 aliphatic heterocycles. The third-order valence-electron chi connectivity index (χ3n) is 4.14. The minimum atomic E-state index is -0.616. The Bertz CT molecular complexity index is 604. The van der Waals surface area contributed by atoms with Gasteiger partial charge < -0.3 is 14.0 Å². The molecule has 0 radical (unpaired) electrons. The molecule has 4 nitrogen and oxygen atoms in total. The largest absolute Gasteiger partial charge is 0.496 e. The molecule has 1 aliphatic rings. The SMILES string of the molecule is CC(C)(C)OC(=O)c1ccc(Cl)c(B2OC(C)(C)C(C)(C)O2)c1. The molecule has 0 aliphatic carbocycles. The number of ether oxygens (including phenoxy) is 1. The Labute approximate surface area is 143 Å². The molecule has 2 rings (SSSR count). The third-order valence-corrected chi connectivity index (χ3v) is 4.48. The Morgan fingerprint density at radius 2 is 1.65 bits per heavy atom. The van der Waals surface area contributed by atoms with E-state index in [0.29, 0.717) is 16.0 Å². The van der Waals surface area contributed by atoms with Crippen molar-refractivity contribution in [1.82, 2.24) is 0 Å². The van der Waals surface area contributed by atoms with Gasteiger partial charge in [-0.1, -0.05) is 11.6 Å². The summed E-state index contributed by atoms with van der Waals surface area (Å²) in [5.41, 5.74) is -0.435. The first-order valence-electron chi connectivity index (χ1n) is 7.71. The number of esters is 1. The summed E-state index contributed by atoms with van der Waals surface area (Å²) in [5, 5.41) is 0.496. The summed E-state index contributed by atoms with van der Waals surface area (Å²) in [6.45, 7) is 13.4. The van der Waals surface area contributed by atoms with Crippen molar-refractivity contribution in [3.05, 3.63) is 28.8 Å². The Hall–Kier alpha value is -1.04. The molecule has 126 valence electrons. The van der Waals surface area contributed by atoms with Crippen molar-refractivity contribution in [3.8, 4) is 0 Å². The van der Waals surface area contributed by atoms with Gasteiger partial charge in [0.2, 0.25) is 0 Å². The molecule has 1 fully saturated rings. The maximum Gasteiger partial charge on any atom is 0.496 e. The molecule has 1 aromatic rings. The summed E-state index contributed by atoms with van der Waals surface area (Å²) < 4.78 is 17.4. The van der Waals surface area contributed by atoms with Gasteiger partial charge in [0, 0.05) is 10.5 Å². The van der Waals surface area contributed by atoms with Crippen molar-refractivity contribution in [2.24, 2.45) is 0 Å². The van der Waals surface area contributed by atoms with Crippen LogP contribution in [-0.4, -0.2) is 29.9 Å². The van der Waals surface area contributed by atoms with E-state index in [2.05, 4.69) is 0 Å². The molecule has 1 saturated heterocycles. The first-order chi connectivity index (χ1) is 10.3. The summed E-state index contributed by atoms with van der Waals surface area (Å²) in [4.78, 5) is 12.2. The number of carbonyl (C=O) groups excluding carboxylic acids is 1. The van der Waals surface area contributed by atoms with Crippen LogP contribution in [0.15, 0.2) is 18.2 Å². The van der Waals surface area contributed by atoms with Crippen molar-refractivity contribution < 1.29 is 18.8 Å². The van der Waals surface area contributed by atoms with Gasteiger partial charge >= 0.3 is 13.1 Å². The predicted octanol–water partition coefficient (Wildman–Crippen LogP) is 3.59. The third kappa shape index (κ3) is 3.90. The zero-order valence-electron chi connectivity index (χ0n) is 14.8. The predicted molar refractivity (Wildman–Crippen MR) is 92.3 cm³/mol. The average molecular weight is 339 g/mol. The second-order valence-corrected chi connectivity index (χ2v) is 8.23. The zero-order chi connectivity index (χ0) is 17.6. The highest BCUT2D eigenvalue weighted by Crippen LogP contribution is 2.37. The van der Waals surface area contributed by atoms with Crippen LogP contribution in [0.25, 0.3) is 0 Å². The number of hydrogen-bond donors (Lipinski definition) is 0. The molecule has 1 heterocycles. The van der Waals surface area contributed by atoms with E-state index in [1.807, 2.05) is 48.5 Å². The lowest BCUT2D eigenvalue weighted by atomic mass is 9.78. The van der Waals surface area contributed by atoms with Crippen LogP contribution in [0.5, 0.6) is 0 Å². The molecular formula is C17H24BClO4.